The Bertz CT molecular complexity index is 1190. The van der Waals surface area contributed by atoms with Crippen LogP contribution < -0.4 is 10.2 Å². The highest BCUT2D eigenvalue weighted by molar-refractivity contribution is 5.83. The molecule has 2 aliphatic rings. The van der Waals surface area contributed by atoms with Crippen LogP contribution in [-0.4, -0.2) is 73.4 Å². The molecule has 10 nitrogen and oxygen atoms in total. The number of imidazole rings is 1. The Morgan fingerprint density at radius 3 is 2.50 bits per heavy atom. The van der Waals surface area contributed by atoms with Gasteiger partial charge in [-0.3, -0.25) is 0 Å². The number of alkyl halides is 3. The molecule has 2 fully saturated rings. The lowest BCUT2D eigenvalue weighted by Gasteiger charge is -2.19. The van der Waals surface area contributed by atoms with Crippen molar-refractivity contribution in [2.75, 3.05) is 37.0 Å². The smallest absolute Gasteiger partial charge is 0.384 e. The molecule has 0 bridgehead atoms. The molecule has 3 N–H and O–H groups in total. The number of halogens is 3. The van der Waals surface area contributed by atoms with Gasteiger partial charge in [-0.25, -0.2) is 19.9 Å². The second-order valence-electron chi connectivity index (χ2n) is 10.3. The third-order valence-electron chi connectivity index (χ3n) is 6.60. The summed E-state index contributed by atoms with van der Waals surface area (Å²) in [6.07, 6.45) is 3.96. The summed E-state index contributed by atoms with van der Waals surface area (Å²) in [5, 5.41) is 19.6. The van der Waals surface area contributed by atoms with Crippen LogP contribution in [0.2, 0.25) is 0 Å². The fraction of sp³-hybridized carbons (Fsp3) is 0.600. The normalized spacial score (nSPS) is 22.0. The highest BCUT2D eigenvalue weighted by Crippen LogP contribution is 2.37. The summed E-state index contributed by atoms with van der Waals surface area (Å²) >= 11 is 0. The molecule has 5 rings (SSSR count). The van der Waals surface area contributed by atoms with Gasteiger partial charge in [0.1, 0.15) is 17.7 Å². The molecule has 0 amide bonds. The van der Waals surface area contributed by atoms with E-state index in [-0.39, 0.29) is 6.04 Å². The lowest BCUT2D eigenvalue weighted by Crippen LogP contribution is -2.27. The van der Waals surface area contributed by atoms with Gasteiger partial charge in [-0.1, -0.05) is 0 Å². The number of hydrogen-bond donors (Lipinski definition) is 3. The summed E-state index contributed by atoms with van der Waals surface area (Å²) in [6, 6.07) is 2.93. The first-order valence-electron chi connectivity index (χ1n) is 12.6. The molecule has 3 unspecified atom stereocenters. The zero-order chi connectivity index (χ0) is 27.5. The maximum atomic E-state index is 12.8. The molecule has 208 valence electrons. The van der Waals surface area contributed by atoms with Gasteiger partial charge in [0.15, 0.2) is 17.3 Å². The maximum Gasteiger partial charge on any atom is 0.417 e. The number of nitrogens with one attached hydrogen (secondary N) is 1. The van der Waals surface area contributed by atoms with Gasteiger partial charge in [0.25, 0.3) is 0 Å². The van der Waals surface area contributed by atoms with Crippen molar-refractivity contribution in [3.05, 3.63) is 36.5 Å². The Kier molecular flexibility index (Phi) is 8.38. The van der Waals surface area contributed by atoms with Gasteiger partial charge in [-0.15, -0.1) is 0 Å². The molecule has 0 spiro atoms. The summed E-state index contributed by atoms with van der Waals surface area (Å²) in [6.45, 7) is 4.68. The molecule has 3 atom stereocenters. The number of rotatable bonds is 6. The van der Waals surface area contributed by atoms with Gasteiger partial charge in [0, 0.05) is 45.1 Å². The summed E-state index contributed by atoms with van der Waals surface area (Å²) in [4.78, 5) is 19.5. The molecule has 1 saturated heterocycles. The van der Waals surface area contributed by atoms with E-state index in [0.717, 1.165) is 55.7 Å². The Labute approximate surface area is 218 Å². The van der Waals surface area contributed by atoms with Crippen LogP contribution in [0.15, 0.2) is 31.0 Å². The number of aromatic nitrogens is 5. The second-order valence-corrected chi connectivity index (χ2v) is 10.3. The maximum absolute atomic E-state index is 12.8. The van der Waals surface area contributed by atoms with E-state index in [9.17, 15) is 13.2 Å². The molecule has 1 aliphatic heterocycles. The number of ether oxygens (including phenoxy) is 1. The van der Waals surface area contributed by atoms with E-state index in [1.54, 1.807) is 13.4 Å². The zero-order valence-corrected chi connectivity index (χ0v) is 21.7. The number of methoxy groups -OCH3 is 1. The Morgan fingerprint density at radius 2 is 1.84 bits per heavy atom. The van der Waals surface area contributed by atoms with Crippen LogP contribution in [-0.2, 0) is 10.9 Å². The highest BCUT2D eigenvalue weighted by Gasteiger charge is 2.32. The van der Waals surface area contributed by atoms with Crippen molar-refractivity contribution >= 4 is 22.8 Å². The van der Waals surface area contributed by atoms with E-state index in [1.807, 2.05) is 11.2 Å². The Morgan fingerprint density at radius 1 is 1.08 bits per heavy atom. The number of aliphatic hydroxyl groups is 2. The first kappa shape index (κ1) is 28.0. The van der Waals surface area contributed by atoms with E-state index in [2.05, 4.69) is 29.8 Å². The van der Waals surface area contributed by atoms with Crippen LogP contribution >= 0.6 is 0 Å². The van der Waals surface area contributed by atoms with Crippen molar-refractivity contribution in [1.29, 1.82) is 0 Å². The summed E-state index contributed by atoms with van der Waals surface area (Å²) in [5.41, 5.74) is 0.809. The van der Waals surface area contributed by atoms with Crippen LogP contribution in [0.5, 0.6) is 0 Å². The van der Waals surface area contributed by atoms with E-state index >= 15 is 0 Å². The van der Waals surface area contributed by atoms with Crippen molar-refractivity contribution in [1.82, 2.24) is 24.5 Å². The summed E-state index contributed by atoms with van der Waals surface area (Å²) in [5.74, 6) is 0.272. The van der Waals surface area contributed by atoms with Gasteiger partial charge in [-0.2, -0.15) is 13.2 Å². The molecule has 3 aromatic rings. The minimum atomic E-state index is -4.38. The monoisotopic (exact) mass is 537 g/mol. The van der Waals surface area contributed by atoms with Crippen molar-refractivity contribution in [3.63, 3.8) is 0 Å². The average molecular weight is 538 g/mol. The number of anilines is 2. The van der Waals surface area contributed by atoms with Crippen LogP contribution in [0.4, 0.5) is 24.8 Å². The largest absolute Gasteiger partial charge is 0.417 e. The standard InChI is InChI=1S/C22H26F3N7O.C3H8O2/c1-33-11-14-2-4-17(8-14)32-13-29-19-20(27-12-28-21(19)32)30-16-6-7-31(10-16)18-5-3-15(9-26-18)22(23,24)25;1-3(2,4)5/h3,5,9,12-14,16-17H,2,4,6-8,10-11H2,1H3,(H,27,28,30);4-5H,1-2H3. The van der Waals surface area contributed by atoms with Gasteiger partial charge in [-0.05, 0) is 57.6 Å². The van der Waals surface area contributed by atoms with Crippen LogP contribution in [0.1, 0.15) is 51.1 Å². The molecule has 3 aromatic heterocycles. The number of hydrogen-bond acceptors (Lipinski definition) is 9. The number of pyridine rings is 1. The first-order chi connectivity index (χ1) is 17.9. The highest BCUT2D eigenvalue weighted by atomic mass is 19.4. The second kappa shape index (κ2) is 11.4. The number of fused-ring (bicyclic) bond motifs is 1. The quantitative estimate of drug-likeness (QED) is 0.405. The van der Waals surface area contributed by atoms with Gasteiger partial charge in [0.05, 0.1) is 11.9 Å². The molecule has 1 saturated carbocycles. The topological polar surface area (TPSA) is 121 Å². The first-order valence-corrected chi connectivity index (χ1v) is 12.6. The lowest BCUT2D eigenvalue weighted by molar-refractivity contribution is -0.137. The SMILES string of the molecule is CC(C)(O)O.COCC1CCC(n2cnc3c(NC4CCN(c5ccc(C(F)(F)F)cn5)C4)ncnc32)C1. The van der Waals surface area contributed by atoms with E-state index in [1.165, 1.54) is 19.9 Å². The predicted octanol–water partition coefficient (Wildman–Crippen LogP) is 3.63. The molecular formula is C25H34F3N7O3. The van der Waals surface area contributed by atoms with Crippen molar-refractivity contribution in [2.45, 2.75) is 63.6 Å². The third-order valence-corrected chi connectivity index (χ3v) is 6.60. The fourth-order valence-electron chi connectivity index (χ4n) is 4.93. The van der Waals surface area contributed by atoms with E-state index in [4.69, 9.17) is 14.9 Å². The molecule has 0 radical (unpaired) electrons. The minimum Gasteiger partial charge on any atom is -0.384 e. The average Bonchev–Trinajstić information content (AvgIpc) is 3.58. The minimum absolute atomic E-state index is 0.0786. The Hall–Kier alpha value is -3.03. The molecule has 38 heavy (non-hydrogen) atoms. The van der Waals surface area contributed by atoms with E-state index < -0.39 is 17.5 Å². The molecular weight excluding hydrogens is 503 g/mol. The fourth-order valence-corrected chi connectivity index (χ4v) is 4.93. The summed E-state index contributed by atoms with van der Waals surface area (Å²) in [7, 11) is 1.74. The molecule has 13 heteroatoms. The van der Waals surface area contributed by atoms with Gasteiger partial charge >= 0.3 is 6.18 Å². The Balaban J connectivity index is 0.000000617. The van der Waals surface area contributed by atoms with Gasteiger partial charge < -0.3 is 29.7 Å². The third kappa shape index (κ3) is 7.08. The van der Waals surface area contributed by atoms with Crippen molar-refractivity contribution in [2.24, 2.45) is 5.92 Å². The predicted molar refractivity (Wildman–Crippen MR) is 136 cm³/mol. The zero-order valence-electron chi connectivity index (χ0n) is 21.7. The van der Waals surface area contributed by atoms with Crippen LogP contribution in [0, 0.1) is 5.92 Å². The number of nitrogens with zero attached hydrogens (tertiary/aromatic N) is 6. The molecule has 1 aliphatic carbocycles. The molecule has 4 heterocycles. The molecule has 0 aromatic carbocycles. The van der Waals surface area contributed by atoms with Crippen LogP contribution in [0.3, 0.4) is 0 Å². The van der Waals surface area contributed by atoms with Crippen molar-refractivity contribution < 1.29 is 28.1 Å². The van der Waals surface area contributed by atoms with E-state index in [0.29, 0.717) is 36.7 Å². The van der Waals surface area contributed by atoms with Gasteiger partial charge in [0.2, 0.25) is 0 Å². The lowest BCUT2D eigenvalue weighted by atomic mass is 10.1. The van der Waals surface area contributed by atoms with Crippen molar-refractivity contribution in [3.8, 4) is 0 Å². The summed E-state index contributed by atoms with van der Waals surface area (Å²) < 4.78 is 45.8. The van der Waals surface area contributed by atoms with Crippen LogP contribution in [0.25, 0.3) is 11.2 Å².